The van der Waals surface area contributed by atoms with E-state index in [-0.39, 0.29) is 5.56 Å². The average Bonchev–Trinajstić information content (AvgIpc) is 3.06. The van der Waals surface area contributed by atoms with E-state index in [4.69, 9.17) is 0 Å². The second kappa shape index (κ2) is 3.95. The van der Waals surface area contributed by atoms with Crippen LogP contribution in [0.2, 0.25) is 0 Å². The van der Waals surface area contributed by atoms with Crippen LogP contribution in [0.25, 0.3) is 38.7 Å². The molecule has 0 radical (unpaired) electrons. The van der Waals surface area contributed by atoms with Gasteiger partial charge in [-0.3, -0.25) is 4.79 Å². The summed E-state index contributed by atoms with van der Waals surface area (Å²) >= 11 is 0. The maximum Gasteiger partial charge on any atom is 0.277 e. The average molecular weight is 304 g/mol. The number of rotatable bonds is 0. The monoisotopic (exact) mass is 304 g/mol. The number of hydrogen-bond acceptors (Lipinski definition) is 4. The van der Waals surface area contributed by atoms with Gasteiger partial charge in [-0.15, -0.1) is 5.10 Å². The maximum atomic E-state index is 12.3. The fraction of sp³-hybridized carbons (Fsp3) is 0.125. The van der Waals surface area contributed by atoms with Crippen molar-refractivity contribution < 1.29 is 0 Å². The Labute approximate surface area is 129 Å². The van der Waals surface area contributed by atoms with Gasteiger partial charge in [0, 0.05) is 5.39 Å². The van der Waals surface area contributed by atoms with Crippen molar-refractivity contribution >= 4 is 38.7 Å². The number of nitrogens with zero attached hydrogens (tertiary/aromatic N) is 4. The zero-order valence-corrected chi connectivity index (χ0v) is 12.5. The van der Waals surface area contributed by atoms with Gasteiger partial charge in [-0.2, -0.15) is 4.52 Å². The van der Waals surface area contributed by atoms with Crippen LogP contribution in [0.5, 0.6) is 0 Å². The molecule has 5 aromatic rings. The highest BCUT2D eigenvalue weighted by molar-refractivity contribution is 5.99. The van der Waals surface area contributed by atoms with Crippen molar-refractivity contribution in [2.75, 3.05) is 0 Å². The summed E-state index contributed by atoms with van der Waals surface area (Å²) in [6.07, 6.45) is 0. The molecule has 0 unspecified atom stereocenters. The Morgan fingerprint density at radius 3 is 2.83 bits per heavy atom. The van der Waals surface area contributed by atoms with Crippen molar-refractivity contribution in [2.45, 2.75) is 13.8 Å². The first-order valence-corrected chi connectivity index (χ1v) is 7.28. The predicted molar refractivity (Wildman–Crippen MR) is 87.7 cm³/mol. The van der Waals surface area contributed by atoms with E-state index in [2.05, 4.69) is 25.0 Å². The summed E-state index contributed by atoms with van der Waals surface area (Å²) in [5.41, 5.74) is 3.96. The minimum atomic E-state index is -0.209. The third-order valence-corrected chi connectivity index (χ3v) is 4.08. The standard InChI is InChI=1S/C16H12N6O/c1-7-3-4-9-6-10-13(19-11(9)5-7)21-22-14(10)20-16(23)12-15(22)18-8(2)17-12/h3-6H,1-2H3,(H,17,18)(H,20,23). The van der Waals surface area contributed by atoms with Gasteiger partial charge in [-0.05, 0) is 31.5 Å². The largest absolute Gasteiger partial charge is 0.336 e. The Balaban J connectivity index is 2.04. The molecule has 0 saturated heterocycles. The van der Waals surface area contributed by atoms with E-state index >= 15 is 0 Å². The quantitative estimate of drug-likeness (QED) is 0.459. The van der Waals surface area contributed by atoms with Crippen molar-refractivity contribution in [1.29, 1.82) is 0 Å². The molecule has 7 heteroatoms. The van der Waals surface area contributed by atoms with Crippen LogP contribution in [0, 0.1) is 13.8 Å². The molecule has 0 fully saturated rings. The van der Waals surface area contributed by atoms with Gasteiger partial charge in [0.2, 0.25) is 0 Å². The number of H-pyrrole nitrogens is 2. The van der Waals surface area contributed by atoms with E-state index in [1.54, 1.807) is 4.52 Å². The molecular formula is C16H12N6O. The van der Waals surface area contributed by atoms with Crippen molar-refractivity contribution in [1.82, 2.24) is 29.5 Å². The molecule has 1 aromatic carbocycles. The van der Waals surface area contributed by atoms with E-state index < -0.39 is 0 Å². The lowest BCUT2D eigenvalue weighted by Crippen LogP contribution is -2.09. The second-order valence-electron chi connectivity index (χ2n) is 5.79. The Kier molecular flexibility index (Phi) is 2.12. The number of fused-ring (bicyclic) bond motifs is 6. The number of pyridine rings is 1. The minimum absolute atomic E-state index is 0.209. The predicted octanol–water partition coefficient (Wildman–Crippen LogP) is 2.22. The lowest BCUT2D eigenvalue weighted by atomic mass is 10.1. The zero-order valence-electron chi connectivity index (χ0n) is 12.5. The van der Waals surface area contributed by atoms with E-state index in [1.807, 2.05) is 38.1 Å². The number of aromatic nitrogens is 6. The Morgan fingerprint density at radius 2 is 1.96 bits per heavy atom. The maximum absolute atomic E-state index is 12.3. The van der Waals surface area contributed by atoms with Crippen LogP contribution in [-0.2, 0) is 0 Å². The van der Waals surface area contributed by atoms with Crippen molar-refractivity contribution in [3.8, 4) is 0 Å². The summed E-state index contributed by atoms with van der Waals surface area (Å²) in [6.45, 7) is 3.84. The number of nitrogens with one attached hydrogen (secondary N) is 2. The van der Waals surface area contributed by atoms with Crippen LogP contribution >= 0.6 is 0 Å². The molecule has 7 nitrogen and oxygen atoms in total. The summed E-state index contributed by atoms with van der Waals surface area (Å²) in [5, 5.41) is 6.35. The SMILES string of the molecule is Cc1ccc2cc3c(nc2c1)nn1c2nc(C)[nH]c2c(=O)[nH]c31. The summed E-state index contributed by atoms with van der Waals surface area (Å²) in [7, 11) is 0. The van der Waals surface area contributed by atoms with Crippen LogP contribution in [0.3, 0.4) is 0 Å². The highest BCUT2D eigenvalue weighted by atomic mass is 16.1. The van der Waals surface area contributed by atoms with Crippen LogP contribution in [0.4, 0.5) is 0 Å². The molecule has 0 spiro atoms. The van der Waals surface area contributed by atoms with Crippen LogP contribution in [-0.4, -0.2) is 29.5 Å². The van der Waals surface area contributed by atoms with Gasteiger partial charge in [-0.25, -0.2) is 9.97 Å². The zero-order chi connectivity index (χ0) is 15.7. The van der Waals surface area contributed by atoms with Crippen molar-refractivity contribution in [3.05, 3.63) is 46.0 Å². The Hall–Kier alpha value is -3.22. The van der Waals surface area contributed by atoms with E-state index in [9.17, 15) is 4.79 Å². The molecule has 0 bridgehead atoms. The molecule has 4 heterocycles. The van der Waals surface area contributed by atoms with Gasteiger partial charge < -0.3 is 9.97 Å². The summed E-state index contributed by atoms with van der Waals surface area (Å²) in [4.78, 5) is 27.1. The van der Waals surface area contributed by atoms with Gasteiger partial charge in [0.15, 0.2) is 16.8 Å². The lowest BCUT2D eigenvalue weighted by molar-refractivity contribution is 0.970. The third-order valence-electron chi connectivity index (χ3n) is 4.08. The van der Waals surface area contributed by atoms with E-state index in [1.165, 1.54) is 0 Å². The normalized spacial score (nSPS) is 12.1. The summed E-state index contributed by atoms with van der Waals surface area (Å²) < 4.78 is 1.64. The smallest absolute Gasteiger partial charge is 0.277 e. The van der Waals surface area contributed by atoms with Gasteiger partial charge >= 0.3 is 0 Å². The molecule has 0 aliphatic rings. The third kappa shape index (κ3) is 1.58. The fourth-order valence-corrected chi connectivity index (χ4v) is 3.01. The van der Waals surface area contributed by atoms with Crippen LogP contribution in [0.1, 0.15) is 11.4 Å². The van der Waals surface area contributed by atoms with Crippen molar-refractivity contribution in [2.24, 2.45) is 0 Å². The van der Waals surface area contributed by atoms with Crippen LogP contribution in [0.15, 0.2) is 29.1 Å². The second-order valence-corrected chi connectivity index (χ2v) is 5.79. The molecule has 2 N–H and O–H groups in total. The number of aromatic amines is 2. The fourth-order valence-electron chi connectivity index (χ4n) is 3.01. The molecule has 0 saturated carbocycles. The molecular weight excluding hydrogens is 292 g/mol. The number of hydrogen-bond donors (Lipinski definition) is 2. The molecule has 112 valence electrons. The van der Waals surface area contributed by atoms with E-state index in [0.717, 1.165) is 21.9 Å². The highest BCUT2D eigenvalue weighted by Gasteiger charge is 2.15. The first-order chi connectivity index (χ1) is 11.1. The highest BCUT2D eigenvalue weighted by Crippen LogP contribution is 2.23. The summed E-state index contributed by atoms with van der Waals surface area (Å²) in [5.74, 6) is 0.673. The first-order valence-electron chi connectivity index (χ1n) is 7.28. The number of aryl methyl sites for hydroxylation is 2. The Morgan fingerprint density at radius 1 is 1.09 bits per heavy atom. The lowest BCUT2D eigenvalue weighted by Gasteiger charge is -1.98. The minimum Gasteiger partial charge on any atom is -0.336 e. The van der Waals surface area contributed by atoms with Gasteiger partial charge in [-0.1, -0.05) is 12.1 Å². The summed E-state index contributed by atoms with van der Waals surface area (Å²) in [6, 6.07) is 8.09. The first kappa shape index (κ1) is 12.3. The molecule has 5 rings (SSSR count). The topological polar surface area (TPSA) is 91.7 Å². The molecule has 4 aromatic heterocycles. The van der Waals surface area contributed by atoms with Gasteiger partial charge in [0.1, 0.15) is 11.5 Å². The van der Waals surface area contributed by atoms with E-state index in [0.29, 0.717) is 28.3 Å². The molecule has 0 aliphatic heterocycles. The Bertz CT molecular complexity index is 1310. The molecule has 0 atom stereocenters. The molecule has 23 heavy (non-hydrogen) atoms. The van der Waals surface area contributed by atoms with Gasteiger partial charge in [0.05, 0.1) is 10.9 Å². The number of imidazole rings is 1. The van der Waals surface area contributed by atoms with Crippen molar-refractivity contribution in [3.63, 3.8) is 0 Å². The molecule has 0 amide bonds. The molecule has 0 aliphatic carbocycles. The number of benzene rings is 1. The van der Waals surface area contributed by atoms with Gasteiger partial charge in [0.25, 0.3) is 5.56 Å². The van der Waals surface area contributed by atoms with Crippen LogP contribution < -0.4 is 5.56 Å².